The van der Waals surface area contributed by atoms with Gasteiger partial charge in [0.2, 0.25) is 11.9 Å². The molecule has 1 amide bonds. The molecular weight excluding hydrogens is 370 g/mol. The first-order valence-electron chi connectivity index (χ1n) is 9.05. The minimum absolute atomic E-state index is 0.0506. The van der Waals surface area contributed by atoms with E-state index in [-0.39, 0.29) is 11.2 Å². The van der Waals surface area contributed by atoms with Crippen LogP contribution in [0.1, 0.15) is 38.6 Å². The molecular formula is C18H22ClN5OS. The second kappa shape index (κ2) is 7.48. The van der Waals surface area contributed by atoms with Crippen molar-refractivity contribution in [3.63, 3.8) is 0 Å². The highest BCUT2D eigenvalue weighted by Crippen LogP contribution is 2.42. The summed E-state index contributed by atoms with van der Waals surface area (Å²) in [5, 5.41) is 13.0. The fourth-order valence-corrected chi connectivity index (χ4v) is 4.16. The first-order valence-corrected chi connectivity index (χ1v) is 10.3. The lowest BCUT2D eigenvalue weighted by atomic mass is 10.3. The molecule has 1 aromatic heterocycles. The number of halogens is 1. The number of thioether (sulfide) groups is 1. The molecule has 2 fully saturated rings. The highest BCUT2D eigenvalue weighted by molar-refractivity contribution is 8.00. The van der Waals surface area contributed by atoms with E-state index in [9.17, 15) is 4.79 Å². The highest BCUT2D eigenvalue weighted by Gasteiger charge is 2.33. The van der Waals surface area contributed by atoms with Crippen molar-refractivity contribution < 1.29 is 4.79 Å². The van der Waals surface area contributed by atoms with Crippen LogP contribution in [0.5, 0.6) is 0 Å². The van der Waals surface area contributed by atoms with Gasteiger partial charge in [-0.1, -0.05) is 23.4 Å². The summed E-state index contributed by atoms with van der Waals surface area (Å²) in [6.07, 6.45) is 4.75. The third kappa shape index (κ3) is 3.83. The van der Waals surface area contributed by atoms with Crippen LogP contribution in [0.15, 0.2) is 29.4 Å². The van der Waals surface area contributed by atoms with Crippen LogP contribution in [0.3, 0.4) is 0 Å². The number of hydrogen-bond donors (Lipinski definition) is 1. The minimum Gasteiger partial charge on any atom is -0.341 e. The van der Waals surface area contributed by atoms with E-state index in [0.717, 1.165) is 42.7 Å². The average molecular weight is 392 g/mol. The fraction of sp³-hybridized carbons (Fsp3) is 0.500. The zero-order chi connectivity index (χ0) is 18.1. The maximum Gasteiger partial charge on any atom is 0.237 e. The van der Waals surface area contributed by atoms with Gasteiger partial charge >= 0.3 is 0 Å². The molecule has 2 aromatic rings. The van der Waals surface area contributed by atoms with Crippen LogP contribution < -0.4 is 10.2 Å². The average Bonchev–Trinajstić information content (AvgIpc) is 3.16. The predicted octanol–water partition coefficient (Wildman–Crippen LogP) is 3.99. The van der Waals surface area contributed by atoms with Crippen LogP contribution in [0, 0.1) is 0 Å². The smallest absolute Gasteiger partial charge is 0.237 e. The van der Waals surface area contributed by atoms with Crippen molar-refractivity contribution in [3.8, 4) is 0 Å². The molecule has 0 bridgehead atoms. The van der Waals surface area contributed by atoms with Gasteiger partial charge in [-0.05, 0) is 56.9 Å². The van der Waals surface area contributed by atoms with E-state index in [1.807, 2.05) is 6.92 Å². The summed E-state index contributed by atoms with van der Waals surface area (Å²) in [4.78, 5) is 14.8. The van der Waals surface area contributed by atoms with E-state index >= 15 is 0 Å². The third-order valence-electron chi connectivity index (χ3n) is 4.71. The number of anilines is 2. The summed E-state index contributed by atoms with van der Waals surface area (Å²) in [6, 6.07) is 7.61. The van der Waals surface area contributed by atoms with E-state index in [1.165, 1.54) is 24.6 Å². The summed E-state index contributed by atoms with van der Waals surface area (Å²) in [6.45, 7) is 3.99. The van der Waals surface area contributed by atoms with E-state index in [4.69, 9.17) is 11.6 Å². The lowest BCUT2D eigenvalue weighted by molar-refractivity contribution is -0.115. The second-order valence-corrected chi connectivity index (χ2v) is 8.58. The molecule has 1 unspecified atom stereocenters. The van der Waals surface area contributed by atoms with Crippen molar-refractivity contribution in [1.29, 1.82) is 0 Å². The van der Waals surface area contributed by atoms with Gasteiger partial charge in [-0.25, -0.2) is 0 Å². The zero-order valence-electron chi connectivity index (χ0n) is 14.7. The molecule has 4 rings (SSSR count). The number of carbonyl (C=O) groups excluding carboxylic acids is 1. The quantitative estimate of drug-likeness (QED) is 0.754. The largest absolute Gasteiger partial charge is 0.341 e. The van der Waals surface area contributed by atoms with Gasteiger partial charge in [0, 0.05) is 29.8 Å². The predicted molar refractivity (Wildman–Crippen MR) is 105 cm³/mol. The Kier molecular flexibility index (Phi) is 5.09. The maximum absolute atomic E-state index is 12.5. The maximum atomic E-state index is 12.5. The number of aromatic nitrogens is 3. The van der Waals surface area contributed by atoms with Crippen LogP contribution in [0.25, 0.3) is 0 Å². The molecule has 1 atom stereocenters. The summed E-state index contributed by atoms with van der Waals surface area (Å²) < 4.78 is 2.24. The number of nitrogens with zero attached hydrogens (tertiary/aromatic N) is 4. The molecule has 0 spiro atoms. The molecule has 138 valence electrons. The van der Waals surface area contributed by atoms with Crippen molar-refractivity contribution in [2.24, 2.45) is 0 Å². The lowest BCUT2D eigenvalue weighted by Crippen LogP contribution is -2.24. The fourth-order valence-electron chi connectivity index (χ4n) is 3.12. The van der Waals surface area contributed by atoms with Gasteiger partial charge in [-0.3, -0.25) is 9.36 Å². The lowest BCUT2D eigenvalue weighted by Gasteiger charge is -2.18. The van der Waals surface area contributed by atoms with Crippen LogP contribution in [-0.4, -0.2) is 39.0 Å². The molecule has 1 aliphatic carbocycles. The number of benzene rings is 1. The molecule has 1 saturated heterocycles. The van der Waals surface area contributed by atoms with Gasteiger partial charge in [0.15, 0.2) is 5.16 Å². The number of amides is 1. The highest BCUT2D eigenvalue weighted by atomic mass is 35.5. The Morgan fingerprint density at radius 3 is 2.58 bits per heavy atom. The Bertz CT molecular complexity index is 783. The monoisotopic (exact) mass is 391 g/mol. The molecule has 2 aliphatic rings. The summed E-state index contributed by atoms with van der Waals surface area (Å²) in [5.74, 6) is 0.920. The van der Waals surface area contributed by atoms with Gasteiger partial charge in [0.25, 0.3) is 0 Å². The Hall–Kier alpha value is -1.73. The van der Waals surface area contributed by atoms with Crippen molar-refractivity contribution in [1.82, 2.24) is 14.8 Å². The Labute approximate surface area is 162 Å². The molecule has 6 nitrogen and oxygen atoms in total. The normalized spacial score (nSPS) is 18.2. The Morgan fingerprint density at radius 1 is 1.23 bits per heavy atom. The minimum atomic E-state index is -0.265. The van der Waals surface area contributed by atoms with Crippen LogP contribution in [0.4, 0.5) is 11.6 Å². The first kappa shape index (κ1) is 17.7. The molecule has 26 heavy (non-hydrogen) atoms. The van der Waals surface area contributed by atoms with Crippen molar-refractivity contribution >= 4 is 40.9 Å². The second-order valence-electron chi connectivity index (χ2n) is 6.83. The number of carbonyl (C=O) groups is 1. The number of rotatable bonds is 6. The van der Waals surface area contributed by atoms with E-state index < -0.39 is 0 Å². The van der Waals surface area contributed by atoms with E-state index in [2.05, 4.69) is 25.0 Å². The summed E-state index contributed by atoms with van der Waals surface area (Å²) in [7, 11) is 0. The molecule has 1 N–H and O–H groups in total. The van der Waals surface area contributed by atoms with Crippen molar-refractivity contribution in [2.75, 3.05) is 23.3 Å². The van der Waals surface area contributed by atoms with E-state index in [0.29, 0.717) is 11.1 Å². The molecule has 1 saturated carbocycles. The summed E-state index contributed by atoms with van der Waals surface area (Å²) in [5.41, 5.74) is 0.744. The molecule has 0 radical (unpaired) electrons. The zero-order valence-corrected chi connectivity index (χ0v) is 16.3. The van der Waals surface area contributed by atoms with Crippen LogP contribution >= 0.6 is 23.4 Å². The molecule has 8 heteroatoms. The van der Waals surface area contributed by atoms with Gasteiger partial charge in [-0.2, -0.15) is 0 Å². The number of hydrogen-bond acceptors (Lipinski definition) is 5. The van der Waals surface area contributed by atoms with Gasteiger partial charge in [0.1, 0.15) is 0 Å². The SMILES string of the molecule is CC(Sc1nnc(N2CCCC2)n1C1CC1)C(=O)Nc1ccc(Cl)cc1. The third-order valence-corrected chi connectivity index (χ3v) is 6.02. The van der Waals surface area contributed by atoms with Crippen LogP contribution in [0.2, 0.25) is 5.02 Å². The van der Waals surface area contributed by atoms with Crippen LogP contribution in [-0.2, 0) is 4.79 Å². The first-order chi connectivity index (χ1) is 12.6. The van der Waals surface area contributed by atoms with E-state index in [1.54, 1.807) is 24.3 Å². The van der Waals surface area contributed by atoms with Gasteiger partial charge in [0.05, 0.1) is 5.25 Å². The summed E-state index contributed by atoms with van der Waals surface area (Å²) >= 11 is 7.36. The molecule has 1 aromatic carbocycles. The van der Waals surface area contributed by atoms with Gasteiger partial charge < -0.3 is 10.2 Å². The van der Waals surface area contributed by atoms with Crippen molar-refractivity contribution in [2.45, 2.75) is 49.1 Å². The number of nitrogens with one attached hydrogen (secondary N) is 1. The standard InChI is InChI=1S/C18H22ClN5OS/c1-12(16(25)20-14-6-4-13(19)5-7-14)26-18-22-21-17(23-10-2-3-11-23)24(18)15-8-9-15/h4-7,12,15H,2-3,8-11H2,1H3,(H,20,25). The Morgan fingerprint density at radius 2 is 1.92 bits per heavy atom. The van der Waals surface area contributed by atoms with Gasteiger partial charge in [-0.15, -0.1) is 10.2 Å². The Balaban J connectivity index is 1.46. The molecule has 1 aliphatic heterocycles. The van der Waals surface area contributed by atoms with Crippen molar-refractivity contribution in [3.05, 3.63) is 29.3 Å². The molecule has 2 heterocycles. The topological polar surface area (TPSA) is 63.1 Å².